The maximum atomic E-state index is 6.15. The summed E-state index contributed by atoms with van der Waals surface area (Å²) in [6.07, 6.45) is 3.67. The van der Waals surface area contributed by atoms with E-state index in [4.69, 9.17) is 10.5 Å². The van der Waals surface area contributed by atoms with E-state index in [9.17, 15) is 0 Å². The Kier molecular flexibility index (Phi) is 4.24. The second kappa shape index (κ2) is 5.24. The van der Waals surface area contributed by atoms with Gasteiger partial charge in [0.1, 0.15) is 0 Å². The first kappa shape index (κ1) is 12.1. The van der Waals surface area contributed by atoms with E-state index in [1.165, 1.54) is 0 Å². The molecule has 0 radical (unpaired) electrons. The molecular weight excluding hydrogens is 188 g/mol. The Hall–Kier alpha value is -0.930. The van der Waals surface area contributed by atoms with Gasteiger partial charge in [0.05, 0.1) is 12.1 Å². The molecule has 0 amide bonds. The van der Waals surface area contributed by atoms with Crippen LogP contribution in [0.4, 0.5) is 0 Å². The van der Waals surface area contributed by atoms with Gasteiger partial charge in [-0.3, -0.25) is 4.98 Å². The summed E-state index contributed by atoms with van der Waals surface area (Å²) in [7, 11) is 1.70. The average molecular weight is 208 g/mol. The van der Waals surface area contributed by atoms with Gasteiger partial charge in [0, 0.05) is 19.5 Å². The molecule has 2 unspecified atom stereocenters. The van der Waals surface area contributed by atoms with Gasteiger partial charge in [0.2, 0.25) is 0 Å². The molecule has 2 N–H and O–H groups in total. The molecule has 15 heavy (non-hydrogen) atoms. The SMILES string of the molecule is COC(C(C)C)C(N)c1cncc(C)c1. The highest BCUT2D eigenvalue weighted by atomic mass is 16.5. The molecular formula is C12H20N2O. The van der Waals surface area contributed by atoms with Crippen LogP contribution in [0.3, 0.4) is 0 Å². The molecule has 1 rings (SSSR count). The molecule has 0 fully saturated rings. The molecule has 1 heterocycles. The van der Waals surface area contributed by atoms with Crippen molar-refractivity contribution in [3.63, 3.8) is 0 Å². The second-order valence-corrected chi connectivity index (χ2v) is 4.27. The molecule has 2 atom stereocenters. The summed E-state index contributed by atoms with van der Waals surface area (Å²) in [6, 6.07) is 1.95. The summed E-state index contributed by atoms with van der Waals surface area (Å²) in [5.41, 5.74) is 8.32. The predicted molar refractivity (Wildman–Crippen MR) is 61.5 cm³/mol. The molecule has 1 aromatic heterocycles. The maximum Gasteiger partial charge on any atom is 0.0787 e. The van der Waals surface area contributed by atoms with Gasteiger partial charge < -0.3 is 10.5 Å². The van der Waals surface area contributed by atoms with Crippen molar-refractivity contribution in [2.45, 2.75) is 32.9 Å². The molecule has 0 bridgehead atoms. The molecule has 0 spiro atoms. The number of nitrogens with zero attached hydrogens (tertiary/aromatic N) is 1. The predicted octanol–water partition coefficient (Wildman–Crippen LogP) is 2.06. The number of rotatable bonds is 4. The first-order valence-electron chi connectivity index (χ1n) is 5.26. The molecule has 3 heteroatoms. The van der Waals surface area contributed by atoms with Gasteiger partial charge in [-0.25, -0.2) is 0 Å². The van der Waals surface area contributed by atoms with E-state index >= 15 is 0 Å². The molecule has 1 aromatic rings. The van der Waals surface area contributed by atoms with E-state index in [0.717, 1.165) is 11.1 Å². The lowest BCUT2D eigenvalue weighted by molar-refractivity contribution is 0.0436. The Morgan fingerprint density at radius 2 is 2.00 bits per heavy atom. The van der Waals surface area contributed by atoms with E-state index in [-0.39, 0.29) is 12.1 Å². The highest BCUT2D eigenvalue weighted by molar-refractivity contribution is 5.21. The summed E-state index contributed by atoms with van der Waals surface area (Å²) in [4.78, 5) is 4.15. The first-order valence-corrected chi connectivity index (χ1v) is 5.26. The van der Waals surface area contributed by atoms with E-state index in [2.05, 4.69) is 24.9 Å². The van der Waals surface area contributed by atoms with Crippen LogP contribution in [0.5, 0.6) is 0 Å². The Labute approximate surface area is 91.7 Å². The van der Waals surface area contributed by atoms with Crippen LogP contribution in [0.15, 0.2) is 18.5 Å². The standard InChI is InChI=1S/C12H20N2O/c1-8(2)12(15-4)11(13)10-5-9(3)6-14-7-10/h5-8,11-12H,13H2,1-4H3. The molecule has 0 saturated carbocycles. The van der Waals surface area contributed by atoms with Crippen LogP contribution in [0.25, 0.3) is 0 Å². The summed E-state index contributed by atoms with van der Waals surface area (Å²) in [5, 5.41) is 0. The zero-order valence-electron chi connectivity index (χ0n) is 9.90. The number of aryl methyl sites for hydroxylation is 1. The van der Waals surface area contributed by atoms with Gasteiger partial charge in [0.25, 0.3) is 0 Å². The second-order valence-electron chi connectivity index (χ2n) is 4.27. The molecule has 3 nitrogen and oxygen atoms in total. The minimum atomic E-state index is -0.109. The van der Waals surface area contributed by atoms with Crippen molar-refractivity contribution in [2.75, 3.05) is 7.11 Å². The van der Waals surface area contributed by atoms with Gasteiger partial charge in [-0.15, -0.1) is 0 Å². The third-order valence-electron chi connectivity index (χ3n) is 2.56. The van der Waals surface area contributed by atoms with Crippen LogP contribution in [0.2, 0.25) is 0 Å². The van der Waals surface area contributed by atoms with Gasteiger partial charge in [-0.05, 0) is 24.0 Å². The van der Waals surface area contributed by atoms with Crippen molar-refractivity contribution in [1.29, 1.82) is 0 Å². The van der Waals surface area contributed by atoms with Crippen LogP contribution in [0.1, 0.15) is 31.0 Å². The highest BCUT2D eigenvalue weighted by Gasteiger charge is 2.22. The van der Waals surface area contributed by atoms with Crippen molar-refractivity contribution in [3.05, 3.63) is 29.6 Å². The smallest absolute Gasteiger partial charge is 0.0787 e. The highest BCUT2D eigenvalue weighted by Crippen LogP contribution is 2.21. The lowest BCUT2D eigenvalue weighted by Gasteiger charge is -2.26. The number of aromatic nitrogens is 1. The van der Waals surface area contributed by atoms with Crippen LogP contribution in [-0.4, -0.2) is 18.2 Å². The lowest BCUT2D eigenvalue weighted by Crippen LogP contribution is -2.32. The number of ether oxygens (including phenoxy) is 1. The zero-order valence-corrected chi connectivity index (χ0v) is 9.90. The Morgan fingerprint density at radius 1 is 1.33 bits per heavy atom. The molecule has 0 aliphatic carbocycles. The van der Waals surface area contributed by atoms with Crippen molar-refractivity contribution in [3.8, 4) is 0 Å². The average Bonchev–Trinajstić information content (AvgIpc) is 2.18. The molecule has 0 saturated heterocycles. The Bertz CT molecular complexity index is 312. The first-order chi connectivity index (χ1) is 7.06. The third-order valence-corrected chi connectivity index (χ3v) is 2.56. The summed E-state index contributed by atoms with van der Waals surface area (Å²) in [5.74, 6) is 0.394. The minimum Gasteiger partial charge on any atom is -0.379 e. The normalized spacial score (nSPS) is 15.3. The molecule has 0 aromatic carbocycles. The van der Waals surface area contributed by atoms with Crippen molar-refractivity contribution in [1.82, 2.24) is 4.98 Å². The number of nitrogens with two attached hydrogens (primary N) is 1. The quantitative estimate of drug-likeness (QED) is 0.824. The lowest BCUT2D eigenvalue weighted by atomic mass is 9.95. The number of hydrogen-bond donors (Lipinski definition) is 1. The van der Waals surface area contributed by atoms with Gasteiger partial charge in [0.15, 0.2) is 0 Å². The van der Waals surface area contributed by atoms with Crippen molar-refractivity contribution < 1.29 is 4.74 Å². The van der Waals surface area contributed by atoms with Crippen LogP contribution < -0.4 is 5.73 Å². The number of hydrogen-bond acceptors (Lipinski definition) is 3. The van der Waals surface area contributed by atoms with E-state index in [1.54, 1.807) is 7.11 Å². The van der Waals surface area contributed by atoms with Gasteiger partial charge >= 0.3 is 0 Å². The number of methoxy groups -OCH3 is 1. The van der Waals surface area contributed by atoms with E-state index in [0.29, 0.717) is 5.92 Å². The van der Waals surface area contributed by atoms with E-state index < -0.39 is 0 Å². The fourth-order valence-electron chi connectivity index (χ4n) is 1.78. The van der Waals surface area contributed by atoms with Crippen molar-refractivity contribution in [2.24, 2.45) is 11.7 Å². The largest absolute Gasteiger partial charge is 0.379 e. The topological polar surface area (TPSA) is 48.1 Å². The fraction of sp³-hybridized carbons (Fsp3) is 0.583. The van der Waals surface area contributed by atoms with Crippen LogP contribution in [-0.2, 0) is 4.74 Å². The van der Waals surface area contributed by atoms with E-state index in [1.807, 2.05) is 19.3 Å². The van der Waals surface area contributed by atoms with Crippen molar-refractivity contribution >= 4 is 0 Å². The van der Waals surface area contributed by atoms with Crippen LogP contribution in [0, 0.1) is 12.8 Å². The monoisotopic (exact) mass is 208 g/mol. The summed E-state index contributed by atoms with van der Waals surface area (Å²) < 4.78 is 5.42. The zero-order chi connectivity index (χ0) is 11.4. The summed E-state index contributed by atoms with van der Waals surface area (Å²) in [6.45, 7) is 6.23. The van der Waals surface area contributed by atoms with Gasteiger partial charge in [-0.1, -0.05) is 19.9 Å². The Morgan fingerprint density at radius 3 is 2.47 bits per heavy atom. The molecule has 0 aliphatic heterocycles. The van der Waals surface area contributed by atoms with Crippen LogP contribution >= 0.6 is 0 Å². The summed E-state index contributed by atoms with van der Waals surface area (Å²) >= 11 is 0. The number of pyridine rings is 1. The molecule has 0 aliphatic rings. The minimum absolute atomic E-state index is 0.0357. The third kappa shape index (κ3) is 3.01. The fourth-order valence-corrected chi connectivity index (χ4v) is 1.78. The molecule has 84 valence electrons. The Balaban J connectivity index is 2.87. The van der Waals surface area contributed by atoms with Gasteiger partial charge in [-0.2, -0.15) is 0 Å². The maximum absolute atomic E-state index is 6.15.